The zero-order chi connectivity index (χ0) is 14.1. The van der Waals surface area contributed by atoms with E-state index in [-0.39, 0.29) is 11.7 Å². The molecule has 20 heavy (non-hydrogen) atoms. The predicted molar refractivity (Wildman–Crippen MR) is 77.3 cm³/mol. The largest absolute Gasteiger partial charge is 0.316 e. The third-order valence-corrected chi connectivity index (χ3v) is 4.46. The van der Waals surface area contributed by atoms with Crippen molar-refractivity contribution in [1.29, 1.82) is 0 Å². The summed E-state index contributed by atoms with van der Waals surface area (Å²) in [5.41, 5.74) is 3.24. The molecule has 3 nitrogen and oxygen atoms in total. The van der Waals surface area contributed by atoms with E-state index in [0.717, 1.165) is 25.1 Å². The van der Waals surface area contributed by atoms with Gasteiger partial charge >= 0.3 is 0 Å². The SMILES string of the molecule is Cc1c(C2CCNCC2c2ccccc2F)cnn1C. The van der Waals surface area contributed by atoms with Gasteiger partial charge in [-0.2, -0.15) is 5.10 Å². The Morgan fingerprint density at radius 3 is 2.75 bits per heavy atom. The highest BCUT2D eigenvalue weighted by molar-refractivity contribution is 5.31. The molecule has 106 valence electrons. The minimum Gasteiger partial charge on any atom is -0.316 e. The lowest BCUT2D eigenvalue weighted by Crippen LogP contribution is -2.34. The fourth-order valence-corrected chi connectivity index (χ4v) is 3.21. The molecule has 2 atom stereocenters. The second-order valence-electron chi connectivity index (χ2n) is 5.54. The number of aryl methyl sites for hydroxylation is 1. The number of nitrogens with one attached hydrogen (secondary N) is 1. The van der Waals surface area contributed by atoms with Crippen LogP contribution in [-0.2, 0) is 7.05 Å². The zero-order valence-electron chi connectivity index (χ0n) is 11.9. The number of hydrogen-bond acceptors (Lipinski definition) is 2. The van der Waals surface area contributed by atoms with E-state index in [4.69, 9.17) is 0 Å². The normalized spacial score (nSPS) is 22.9. The van der Waals surface area contributed by atoms with Gasteiger partial charge < -0.3 is 5.32 Å². The number of nitrogens with zero attached hydrogens (tertiary/aromatic N) is 2. The second-order valence-corrected chi connectivity index (χ2v) is 5.54. The first-order valence-electron chi connectivity index (χ1n) is 7.12. The molecule has 0 aliphatic carbocycles. The number of halogens is 1. The maximum Gasteiger partial charge on any atom is 0.126 e. The highest BCUT2D eigenvalue weighted by atomic mass is 19.1. The average molecular weight is 273 g/mol. The molecule has 1 N–H and O–H groups in total. The second kappa shape index (κ2) is 5.37. The summed E-state index contributed by atoms with van der Waals surface area (Å²) in [6.07, 6.45) is 2.96. The Balaban J connectivity index is 2.00. The first-order chi connectivity index (χ1) is 9.68. The summed E-state index contributed by atoms with van der Waals surface area (Å²) in [6, 6.07) is 7.13. The van der Waals surface area contributed by atoms with E-state index in [2.05, 4.69) is 17.3 Å². The Bertz CT molecular complexity index is 606. The van der Waals surface area contributed by atoms with Crippen molar-refractivity contribution in [2.45, 2.75) is 25.2 Å². The zero-order valence-corrected chi connectivity index (χ0v) is 11.9. The van der Waals surface area contributed by atoms with E-state index in [1.807, 2.05) is 30.1 Å². The fourth-order valence-electron chi connectivity index (χ4n) is 3.21. The van der Waals surface area contributed by atoms with Crippen molar-refractivity contribution in [1.82, 2.24) is 15.1 Å². The van der Waals surface area contributed by atoms with Crippen LogP contribution < -0.4 is 5.32 Å². The molecule has 1 fully saturated rings. The summed E-state index contributed by atoms with van der Waals surface area (Å²) >= 11 is 0. The molecule has 1 aliphatic rings. The Kier molecular flexibility index (Phi) is 3.57. The van der Waals surface area contributed by atoms with Gasteiger partial charge in [-0.15, -0.1) is 0 Å². The summed E-state index contributed by atoms with van der Waals surface area (Å²) in [5, 5.41) is 7.74. The van der Waals surface area contributed by atoms with Crippen LogP contribution in [0.15, 0.2) is 30.5 Å². The van der Waals surface area contributed by atoms with Gasteiger partial charge in [0, 0.05) is 25.2 Å². The molecule has 2 unspecified atom stereocenters. The van der Waals surface area contributed by atoms with Crippen LogP contribution in [0.25, 0.3) is 0 Å². The van der Waals surface area contributed by atoms with E-state index >= 15 is 0 Å². The number of aromatic nitrogens is 2. The van der Waals surface area contributed by atoms with E-state index < -0.39 is 0 Å². The minimum absolute atomic E-state index is 0.104. The van der Waals surface area contributed by atoms with E-state index in [0.29, 0.717) is 5.92 Å². The summed E-state index contributed by atoms with van der Waals surface area (Å²) in [4.78, 5) is 0. The van der Waals surface area contributed by atoms with Gasteiger partial charge in [-0.25, -0.2) is 4.39 Å². The van der Waals surface area contributed by atoms with Gasteiger partial charge in [0.25, 0.3) is 0 Å². The molecule has 0 amide bonds. The summed E-state index contributed by atoms with van der Waals surface area (Å²) in [5.74, 6) is 0.405. The maximum atomic E-state index is 14.1. The number of benzene rings is 1. The standard InChI is InChI=1S/C16H20FN3/c1-11-14(10-19-20(11)2)12-7-8-18-9-15(12)13-5-3-4-6-16(13)17/h3-6,10,12,15,18H,7-9H2,1-2H3. The lowest BCUT2D eigenvalue weighted by atomic mass is 9.77. The van der Waals surface area contributed by atoms with E-state index in [9.17, 15) is 4.39 Å². The van der Waals surface area contributed by atoms with Crippen molar-refractivity contribution < 1.29 is 4.39 Å². The Morgan fingerprint density at radius 1 is 1.25 bits per heavy atom. The monoisotopic (exact) mass is 273 g/mol. The molecule has 1 aromatic heterocycles. The number of rotatable bonds is 2. The van der Waals surface area contributed by atoms with Crippen molar-refractivity contribution in [2.24, 2.45) is 7.05 Å². The van der Waals surface area contributed by atoms with Crippen LogP contribution in [0.3, 0.4) is 0 Å². The molecular formula is C16H20FN3. The van der Waals surface area contributed by atoms with Crippen LogP contribution in [0.1, 0.15) is 35.1 Å². The van der Waals surface area contributed by atoms with Crippen molar-refractivity contribution >= 4 is 0 Å². The first-order valence-corrected chi connectivity index (χ1v) is 7.12. The minimum atomic E-state index is -0.104. The molecular weight excluding hydrogens is 253 g/mol. The van der Waals surface area contributed by atoms with Crippen molar-refractivity contribution in [3.05, 3.63) is 53.1 Å². The molecule has 2 heterocycles. The first kappa shape index (κ1) is 13.3. The van der Waals surface area contributed by atoms with Gasteiger partial charge in [-0.3, -0.25) is 4.68 Å². The van der Waals surface area contributed by atoms with Gasteiger partial charge in [-0.1, -0.05) is 18.2 Å². The Morgan fingerprint density at radius 2 is 2.05 bits per heavy atom. The van der Waals surface area contributed by atoms with Crippen molar-refractivity contribution in [3.63, 3.8) is 0 Å². The Labute approximate surface area is 118 Å². The number of piperidine rings is 1. The Hall–Kier alpha value is -1.68. The molecule has 1 aromatic carbocycles. The van der Waals surface area contributed by atoms with Gasteiger partial charge in [0.15, 0.2) is 0 Å². The quantitative estimate of drug-likeness (QED) is 0.912. The van der Waals surface area contributed by atoms with Crippen LogP contribution in [-0.4, -0.2) is 22.9 Å². The smallest absolute Gasteiger partial charge is 0.126 e. The molecule has 2 aromatic rings. The molecule has 3 rings (SSSR count). The molecule has 4 heteroatoms. The molecule has 0 spiro atoms. The summed E-state index contributed by atoms with van der Waals surface area (Å²) < 4.78 is 16.0. The fraction of sp³-hybridized carbons (Fsp3) is 0.438. The lowest BCUT2D eigenvalue weighted by molar-refractivity contribution is 0.392. The number of hydrogen-bond donors (Lipinski definition) is 1. The van der Waals surface area contributed by atoms with Gasteiger partial charge in [0.05, 0.1) is 6.20 Å². The predicted octanol–water partition coefficient (Wildman–Crippen LogP) is 2.73. The maximum absolute atomic E-state index is 14.1. The van der Waals surface area contributed by atoms with Crippen LogP contribution >= 0.6 is 0 Å². The third kappa shape index (κ3) is 2.24. The van der Waals surface area contributed by atoms with Crippen LogP contribution in [0, 0.1) is 12.7 Å². The van der Waals surface area contributed by atoms with Crippen molar-refractivity contribution in [2.75, 3.05) is 13.1 Å². The summed E-state index contributed by atoms with van der Waals surface area (Å²) in [7, 11) is 1.96. The lowest BCUT2D eigenvalue weighted by Gasteiger charge is -2.32. The van der Waals surface area contributed by atoms with Gasteiger partial charge in [-0.05, 0) is 43.0 Å². The molecule has 1 saturated heterocycles. The average Bonchev–Trinajstić information content (AvgIpc) is 2.80. The van der Waals surface area contributed by atoms with E-state index in [1.165, 1.54) is 11.3 Å². The molecule has 1 aliphatic heterocycles. The molecule has 0 radical (unpaired) electrons. The third-order valence-electron chi connectivity index (χ3n) is 4.46. The topological polar surface area (TPSA) is 29.9 Å². The highest BCUT2D eigenvalue weighted by Crippen LogP contribution is 2.39. The van der Waals surface area contributed by atoms with Crippen molar-refractivity contribution in [3.8, 4) is 0 Å². The summed E-state index contributed by atoms with van der Waals surface area (Å²) in [6.45, 7) is 3.88. The van der Waals surface area contributed by atoms with Crippen LogP contribution in [0.2, 0.25) is 0 Å². The molecule has 0 bridgehead atoms. The van der Waals surface area contributed by atoms with Gasteiger partial charge in [0.2, 0.25) is 0 Å². The van der Waals surface area contributed by atoms with Gasteiger partial charge in [0.1, 0.15) is 5.82 Å². The van der Waals surface area contributed by atoms with E-state index in [1.54, 1.807) is 12.1 Å². The highest BCUT2D eigenvalue weighted by Gasteiger charge is 2.31. The molecule has 0 saturated carbocycles. The van der Waals surface area contributed by atoms with Crippen LogP contribution in [0.4, 0.5) is 4.39 Å². The van der Waals surface area contributed by atoms with Crippen LogP contribution in [0.5, 0.6) is 0 Å².